The summed E-state index contributed by atoms with van der Waals surface area (Å²) in [5, 5.41) is 8.29. The smallest absolute Gasteiger partial charge is 0.319 e. The third kappa shape index (κ3) is 3.88. The summed E-state index contributed by atoms with van der Waals surface area (Å²) in [4.78, 5) is 23.5. The number of anilines is 2. The lowest BCUT2D eigenvalue weighted by atomic mass is 10.2. The van der Waals surface area contributed by atoms with E-state index < -0.39 is 0 Å². The molecule has 1 aliphatic carbocycles. The van der Waals surface area contributed by atoms with E-state index in [9.17, 15) is 9.59 Å². The second-order valence-corrected chi connectivity index (χ2v) is 5.79. The Labute approximate surface area is 135 Å². The Morgan fingerprint density at radius 1 is 1.00 bits per heavy atom. The topological polar surface area (TPSA) is 83.4 Å². The van der Waals surface area contributed by atoms with Gasteiger partial charge in [0.1, 0.15) is 0 Å². The second kappa shape index (κ2) is 6.23. The number of furan rings is 1. The lowest BCUT2D eigenvalue weighted by Crippen LogP contribution is -2.30. The van der Waals surface area contributed by atoms with Gasteiger partial charge in [-0.15, -0.1) is 0 Å². The van der Waals surface area contributed by atoms with Crippen LogP contribution < -0.4 is 16.0 Å². The highest BCUT2D eigenvalue weighted by Crippen LogP contribution is 2.20. The van der Waals surface area contributed by atoms with Crippen LogP contribution in [0.25, 0.3) is 0 Å². The molecule has 3 N–H and O–H groups in total. The highest BCUT2D eigenvalue weighted by Gasteiger charge is 2.23. The van der Waals surface area contributed by atoms with Crippen LogP contribution in [0.5, 0.6) is 0 Å². The molecule has 0 atom stereocenters. The summed E-state index contributed by atoms with van der Waals surface area (Å²) in [5.74, 6) is -0.115. The highest BCUT2D eigenvalue weighted by atomic mass is 79.9. The maximum absolute atomic E-state index is 11.9. The SMILES string of the molecule is O=C(Nc1ccc(NC(=O)c2ccc(Br)o2)cc1)NC1CC1. The predicted molar refractivity (Wildman–Crippen MR) is 86.0 cm³/mol. The molecule has 1 fully saturated rings. The number of urea groups is 1. The van der Waals surface area contributed by atoms with Crippen molar-refractivity contribution in [1.82, 2.24) is 5.32 Å². The van der Waals surface area contributed by atoms with Crippen LogP contribution in [0.2, 0.25) is 0 Å². The maximum Gasteiger partial charge on any atom is 0.319 e. The van der Waals surface area contributed by atoms with Crippen molar-refractivity contribution in [2.24, 2.45) is 0 Å². The summed E-state index contributed by atoms with van der Waals surface area (Å²) in [6.07, 6.45) is 2.09. The van der Waals surface area contributed by atoms with Crippen molar-refractivity contribution < 1.29 is 14.0 Å². The van der Waals surface area contributed by atoms with Gasteiger partial charge in [-0.25, -0.2) is 4.79 Å². The quantitative estimate of drug-likeness (QED) is 0.776. The van der Waals surface area contributed by atoms with Gasteiger partial charge in [-0.1, -0.05) is 0 Å². The van der Waals surface area contributed by atoms with Gasteiger partial charge >= 0.3 is 6.03 Å². The van der Waals surface area contributed by atoms with Gasteiger partial charge in [0.05, 0.1) is 0 Å². The van der Waals surface area contributed by atoms with E-state index in [1.165, 1.54) is 0 Å². The average molecular weight is 364 g/mol. The van der Waals surface area contributed by atoms with Crippen molar-refractivity contribution in [3.8, 4) is 0 Å². The van der Waals surface area contributed by atoms with E-state index in [-0.39, 0.29) is 17.7 Å². The average Bonchev–Trinajstić information content (AvgIpc) is 3.18. The van der Waals surface area contributed by atoms with Crippen molar-refractivity contribution in [3.05, 3.63) is 46.8 Å². The first kappa shape index (κ1) is 14.6. The van der Waals surface area contributed by atoms with E-state index in [1.807, 2.05) is 0 Å². The van der Waals surface area contributed by atoms with Crippen LogP contribution in [-0.2, 0) is 0 Å². The molecule has 1 saturated carbocycles. The molecule has 0 aliphatic heterocycles. The minimum Gasteiger partial charge on any atom is -0.444 e. The number of hydrogen-bond donors (Lipinski definition) is 3. The predicted octanol–water partition coefficient (Wildman–Crippen LogP) is 3.58. The van der Waals surface area contributed by atoms with Crippen molar-refractivity contribution in [2.75, 3.05) is 10.6 Å². The fourth-order valence-corrected chi connectivity index (χ4v) is 2.15. The third-order valence-electron chi connectivity index (χ3n) is 3.11. The highest BCUT2D eigenvalue weighted by molar-refractivity contribution is 9.10. The van der Waals surface area contributed by atoms with Crippen LogP contribution >= 0.6 is 15.9 Å². The molecule has 3 amide bonds. The minimum absolute atomic E-state index is 0.209. The number of carbonyl (C=O) groups excluding carboxylic acids is 2. The van der Waals surface area contributed by atoms with E-state index in [2.05, 4.69) is 31.9 Å². The molecule has 1 heterocycles. The molecular weight excluding hydrogens is 350 g/mol. The number of halogens is 1. The fraction of sp³-hybridized carbons (Fsp3) is 0.200. The van der Waals surface area contributed by atoms with Gasteiger partial charge in [0, 0.05) is 17.4 Å². The Hall–Kier alpha value is -2.28. The van der Waals surface area contributed by atoms with Crippen LogP contribution in [0, 0.1) is 0 Å². The van der Waals surface area contributed by atoms with Gasteiger partial charge < -0.3 is 20.4 Å². The molecule has 0 unspecified atom stereocenters. The molecule has 0 radical (unpaired) electrons. The van der Waals surface area contributed by atoms with E-state index in [1.54, 1.807) is 36.4 Å². The van der Waals surface area contributed by atoms with Crippen LogP contribution in [0.3, 0.4) is 0 Å². The Bertz CT molecular complexity index is 692. The largest absolute Gasteiger partial charge is 0.444 e. The van der Waals surface area contributed by atoms with Gasteiger partial charge in [-0.3, -0.25) is 4.79 Å². The van der Waals surface area contributed by atoms with Crippen LogP contribution in [-0.4, -0.2) is 18.0 Å². The molecule has 0 bridgehead atoms. The zero-order chi connectivity index (χ0) is 15.5. The summed E-state index contributed by atoms with van der Waals surface area (Å²) < 4.78 is 5.68. The van der Waals surface area contributed by atoms with Crippen LogP contribution in [0.1, 0.15) is 23.4 Å². The fourth-order valence-electron chi connectivity index (χ4n) is 1.85. The van der Waals surface area contributed by atoms with Gasteiger partial charge in [-0.2, -0.15) is 0 Å². The minimum atomic E-state index is -0.335. The van der Waals surface area contributed by atoms with Gasteiger partial charge in [0.2, 0.25) is 0 Å². The van der Waals surface area contributed by atoms with Crippen molar-refractivity contribution in [3.63, 3.8) is 0 Å². The Morgan fingerprint density at radius 3 is 2.18 bits per heavy atom. The first-order valence-corrected chi connectivity index (χ1v) is 7.64. The Morgan fingerprint density at radius 2 is 1.64 bits per heavy atom. The molecule has 0 saturated heterocycles. The lowest BCUT2D eigenvalue weighted by Gasteiger charge is -2.08. The molecular formula is C15H14BrN3O3. The van der Waals surface area contributed by atoms with E-state index in [4.69, 9.17) is 4.42 Å². The number of nitrogens with one attached hydrogen (secondary N) is 3. The third-order valence-corrected chi connectivity index (χ3v) is 3.54. The van der Waals surface area contributed by atoms with Gasteiger partial charge in [0.15, 0.2) is 10.4 Å². The normalized spacial score (nSPS) is 13.5. The number of hydrogen-bond acceptors (Lipinski definition) is 3. The first-order chi connectivity index (χ1) is 10.6. The summed E-state index contributed by atoms with van der Waals surface area (Å²) in [6, 6.07) is 10.2. The second-order valence-electron chi connectivity index (χ2n) is 5.01. The molecule has 7 heteroatoms. The number of benzene rings is 1. The molecule has 114 valence electrons. The van der Waals surface area contributed by atoms with E-state index in [0.29, 0.717) is 22.1 Å². The summed E-state index contributed by atoms with van der Waals surface area (Å²) in [6.45, 7) is 0. The molecule has 1 aromatic heterocycles. The molecule has 1 aliphatic rings. The first-order valence-electron chi connectivity index (χ1n) is 6.84. The van der Waals surface area contributed by atoms with Crippen LogP contribution in [0.15, 0.2) is 45.5 Å². The summed E-state index contributed by atoms with van der Waals surface area (Å²) >= 11 is 3.15. The van der Waals surface area contributed by atoms with Crippen LogP contribution in [0.4, 0.5) is 16.2 Å². The molecule has 22 heavy (non-hydrogen) atoms. The lowest BCUT2D eigenvalue weighted by molar-refractivity contribution is 0.0995. The summed E-state index contributed by atoms with van der Waals surface area (Å²) in [5.41, 5.74) is 1.28. The molecule has 0 spiro atoms. The van der Waals surface area contributed by atoms with Crippen molar-refractivity contribution in [2.45, 2.75) is 18.9 Å². The Kier molecular flexibility index (Phi) is 4.15. The zero-order valence-corrected chi connectivity index (χ0v) is 13.1. The van der Waals surface area contributed by atoms with Gasteiger partial charge in [0.25, 0.3) is 5.91 Å². The molecule has 1 aromatic carbocycles. The number of carbonyl (C=O) groups is 2. The molecule has 3 rings (SSSR count). The number of rotatable bonds is 4. The van der Waals surface area contributed by atoms with E-state index >= 15 is 0 Å². The Balaban J connectivity index is 1.56. The summed E-state index contributed by atoms with van der Waals surface area (Å²) in [7, 11) is 0. The standard InChI is InChI=1S/C15H14BrN3O3/c16-13-8-7-12(22-13)14(20)17-9-1-3-10(4-2-9)18-15(21)19-11-5-6-11/h1-4,7-8,11H,5-6H2,(H,17,20)(H2,18,19,21). The van der Waals surface area contributed by atoms with E-state index in [0.717, 1.165) is 12.8 Å². The van der Waals surface area contributed by atoms with Crippen molar-refractivity contribution in [1.29, 1.82) is 0 Å². The zero-order valence-electron chi connectivity index (χ0n) is 11.6. The monoisotopic (exact) mass is 363 g/mol. The molecule has 6 nitrogen and oxygen atoms in total. The maximum atomic E-state index is 11.9. The van der Waals surface area contributed by atoms with Gasteiger partial charge in [-0.05, 0) is 65.2 Å². The molecule has 2 aromatic rings. The van der Waals surface area contributed by atoms with Crippen molar-refractivity contribution >= 4 is 39.2 Å². The number of amides is 3.